The first kappa shape index (κ1) is 17.4. The fourth-order valence-electron chi connectivity index (χ4n) is 5.09. The van der Waals surface area contributed by atoms with Gasteiger partial charge in [0, 0.05) is 32.7 Å². The van der Waals surface area contributed by atoms with Crippen molar-refractivity contribution < 1.29 is 0 Å². The first-order valence-corrected chi connectivity index (χ1v) is 11.0. The van der Waals surface area contributed by atoms with E-state index in [1.54, 1.807) is 0 Å². The van der Waals surface area contributed by atoms with E-state index in [0.29, 0.717) is 0 Å². The monoisotopic (exact) mass is 408 g/mol. The van der Waals surface area contributed by atoms with Crippen LogP contribution in [0.3, 0.4) is 0 Å². The summed E-state index contributed by atoms with van der Waals surface area (Å²) in [5.74, 6) is 0. The van der Waals surface area contributed by atoms with Gasteiger partial charge in [-0.3, -0.25) is 0 Å². The Morgan fingerprint density at radius 1 is 0.469 bits per heavy atom. The molecular formula is C30H20N2. The molecule has 2 heteroatoms. The van der Waals surface area contributed by atoms with Gasteiger partial charge in [-0.2, -0.15) is 0 Å². The molecule has 1 N–H and O–H groups in total. The quantitative estimate of drug-likeness (QED) is 0.298. The molecule has 2 heterocycles. The lowest BCUT2D eigenvalue weighted by Crippen LogP contribution is -1.93. The summed E-state index contributed by atoms with van der Waals surface area (Å²) < 4.78 is 2.38. The fourth-order valence-corrected chi connectivity index (χ4v) is 5.09. The van der Waals surface area contributed by atoms with Gasteiger partial charge in [0.05, 0.1) is 16.6 Å². The van der Waals surface area contributed by atoms with Crippen LogP contribution in [0.4, 0.5) is 0 Å². The summed E-state index contributed by atoms with van der Waals surface area (Å²) in [6.07, 6.45) is 0. The van der Waals surface area contributed by atoms with Gasteiger partial charge in [-0.25, -0.2) is 0 Å². The molecule has 7 aromatic rings. The SMILES string of the molecule is c1ccc(-c2ccc(-n3c4ccccc4c4c5[nH]c6ccccc6c5ccc43)cc2)cc1. The minimum Gasteiger partial charge on any atom is -0.354 e. The number of aromatic amines is 1. The van der Waals surface area contributed by atoms with Crippen molar-refractivity contribution in [2.24, 2.45) is 0 Å². The molecule has 0 unspecified atom stereocenters. The Labute approximate surface area is 185 Å². The van der Waals surface area contributed by atoms with Crippen molar-refractivity contribution >= 4 is 43.6 Å². The summed E-state index contributed by atoms with van der Waals surface area (Å²) in [5, 5.41) is 5.09. The first-order chi connectivity index (χ1) is 15.9. The van der Waals surface area contributed by atoms with E-state index in [9.17, 15) is 0 Å². The van der Waals surface area contributed by atoms with Crippen LogP contribution in [0.5, 0.6) is 0 Å². The lowest BCUT2D eigenvalue weighted by molar-refractivity contribution is 1.18. The van der Waals surface area contributed by atoms with Gasteiger partial charge in [0.1, 0.15) is 0 Å². The second kappa shape index (κ2) is 6.60. The number of H-pyrrole nitrogens is 1. The minimum absolute atomic E-state index is 1.17. The van der Waals surface area contributed by atoms with Crippen molar-refractivity contribution in [3.63, 3.8) is 0 Å². The number of nitrogens with one attached hydrogen (secondary N) is 1. The maximum Gasteiger partial charge on any atom is 0.0566 e. The number of hydrogen-bond acceptors (Lipinski definition) is 0. The smallest absolute Gasteiger partial charge is 0.0566 e. The number of nitrogens with zero attached hydrogens (tertiary/aromatic N) is 1. The second-order valence-electron chi connectivity index (χ2n) is 8.32. The van der Waals surface area contributed by atoms with E-state index in [-0.39, 0.29) is 0 Å². The average Bonchev–Trinajstić information content (AvgIpc) is 3.40. The van der Waals surface area contributed by atoms with Crippen LogP contribution < -0.4 is 0 Å². The van der Waals surface area contributed by atoms with E-state index < -0.39 is 0 Å². The van der Waals surface area contributed by atoms with Gasteiger partial charge in [-0.1, -0.05) is 84.9 Å². The second-order valence-corrected chi connectivity index (χ2v) is 8.32. The fraction of sp³-hybridized carbons (Fsp3) is 0. The maximum atomic E-state index is 3.70. The van der Waals surface area contributed by atoms with Gasteiger partial charge >= 0.3 is 0 Å². The van der Waals surface area contributed by atoms with Crippen molar-refractivity contribution in [1.82, 2.24) is 9.55 Å². The maximum absolute atomic E-state index is 3.70. The zero-order valence-electron chi connectivity index (χ0n) is 17.4. The number of hydrogen-bond donors (Lipinski definition) is 1. The van der Waals surface area contributed by atoms with Gasteiger partial charge in [-0.05, 0) is 41.5 Å². The molecule has 0 saturated carbocycles. The molecule has 0 saturated heterocycles. The summed E-state index contributed by atoms with van der Waals surface area (Å²) in [4.78, 5) is 3.70. The highest BCUT2D eigenvalue weighted by atomic mass is 15.0. The van der Waals surface area contributed by atoms with Gasteiger partial charge in [-0.15, -0.1) is 0 Å². The van der Waals surface area contributed by atoms with Crippen molar-refractivity contribution in [3.05, 3.63) is 115 Å². The summed E-state index contributed by atoms with van der Waals surface area (Å²) in [7, 11) is 0. The predicted molar refractivity (Wildman–Crippen MR) is 136 cm³/mol. The van der Waals surface area contributed by atoms with Gasteiger partial charge in [0.2, 0.25) is 0 Å². The third kappa shape index (κ3) is 2.41. The molecule has 150 valence electrons. The van der Waals surface area contributed by atoms with E-state index in [1.165, 1.54) is 60.4 Å². The zero-order chi connectivity index (χ0) is 21.1. The van der Waals surface area contributed by atoms with Crippen molar-refractivity contribution in [3.8, 4) is 16.8 Å². The van der Waals surface area contributed by atoms with E-state index in [1.807, 2.05) is 0 Å². The number of aromatic nitrogens is 2. The normalized spacial score (nSPS) is 11.8. The Morgan fingerprint density at radius 2 is 1.16 bits per heavy atom. The van der Waals surface area contributed by atoms with E-state index in [2.05, 4.69) is 125 Å². The molecule has 32 heavy (non-hydrogen) atoms. The molecule has 2 aromatic heterocycles. The number of para-hydroxylation sites is 2. The van der Waals surface area contributed by atoms with Crippen molar-refractivity contribution in [2.75, 3.05) is 0 Å². The van der Waals surface area contributed by atoms with E-state index >= 15 is 0 Å². The topological polar surface area (TPSA) is 20.7 Å². The molecule has 0 atom stereocenters. The summed E-state index contributed by atoms with van der Waals surface area (Å²) in [5.41, 5.74) is 8.47. The molecule has 2 nitrogen and oxygen atoms in total. The predicted octanol–water partition coefficient (Wildman–Crippen LogP) is 8.09. The number of benzene rings is 5. The molecule has 0 bridgehead atoms. The van der Waals surface area contributed by atoms with Gasteiger partial charge < -0.3 is 9.55 Å². The van der Waals surface area contributed by atoms with Crippen molar-refractivity contribution in [1.29, 1.82) is 0 Å². The lowest BCUT2D eigenvalue weighted by atomic mass is 10.1. The standard InChI is InChI=1S/C30H20N2/c1-2-8-20(9-3-1)21-14-16-22(17-15-21)32-27-13-7-5-11-25(27)29-28(32)19-18-24-23-10-4-6-12-26(23)31-30(24)29/h1-19,31H. The molecule has 5 aromatic carbocycles. The molecule has 0 radical (unpaired) electrons. The van der Waals surface area contributed by atoms with Crippen LogP contribution in [0.2, 0.25) is 0 Å². The first-order valence-electron chi connectivity index (χ1n) is 11.0. The summed E-state index contributed by atoms with van der Waals surface area (Å²) >= 11 is 0. The van der Waals surface area contributed by atoms with Crippen LogP contribution in [0.15, 0.2) is 115 Å². The largest absolute Gasteiger partial charge is 0.354 e. The minimum atomic E-state index is 1.17. The average molecular weight is 409 g/mol. The third-order valence-electron chi connectivity index (χ3n) is 6.55. The molecule has 0 aliphatic rings. The van der Waals surface area contributed by atoms with Crippen LogP contribution in [-0.2, 0) is 0 Å². The van der Waals surface area contributed by atoms with Crippen LogP contribution in [0.25, 0.3) is 60.4 Å². The molecule has 0 aliphatic heterocycles. The number of rotatable bonds is 2. The molecule has 7 rings (SSSR count). The Kier molecular flexibility index (Phi) is 3.58. The Hall–Kier alpha value is -4.30. The molecule has 0 fully saturated rings. The van der Waals surface area contributed by atoms with E-state index in [4.69, 9.17) is 0 Å². The molecule has 0 aliphatic carbocycles. The Morgan fingerprint density at radius 3 is 2.00 bits per heavy atom. The van der Waals surface area contributed by atoms with Gasteiger partial charge in [0.25, 0.3) is 0 Å². The Balaban J connectivity index is 1.53. The summed E-state index contributed by atoms with van der Waals surface area (Å²) in [6, 6.07) is 41.2. The third-order valence-corrected chi connectivity index (χ3v) is 6.55. The highest BCUT2D eigenvalue weighted by Gasteiger charge is 2.16. The molecular weight excluding hydrogens is 388 g/mol. The van der Waals surface area contributed by atoms with E-state index in [0.717, 1.165) is 0 Å². The van der Waals surface area contributed by atoms with Crippen molar-refractivity contribution in [2.45, 2.75) is 0 Å². The van der Waals surface area contributed by atoms with Crippen LogP contribution in [0, 0.1) is 0 Å². The molecule has 0 spiro atoms. The number of fused-ring (bicyclic) bond motifs is 7. The van der Waals surface area contributed by atoms with Crippen LogP contribution >= 0.6 is 0 Å². The van der Waals surface area contributed by atoms with Crippen LogP contribution in [0.1, 0.15) is 0 Å². The zero-order valence-corrected chi connectivity index (χ0v) is 17.4. The van der Waals surface area contributed by atoms with Gasteiger partial charge in [0.15, 0.2) is 0 Å². The highest BCUT2D eigenvalue weighted by molar-refractivity contribution is 6.25. The Bertz CT molecular complexity index is 1750. The van der Waals surface area contributed by atoms with Crippen LogP contribution in [-0.4, -0.2) is 9.55 Å². The lowest BCUT2D eigenvalue weighted by Gasteiger charge is -2.09. The highest BCUT2D eigenvalue weighted by Crippen LogP contribution is 2.38. The molecule has 0 amide bonds. The summed E-state index contributed by atoms with van der Waals surface area (Å²) in [6.45, 7) is 0.